The van der Waals surface area contributed by atoms with Gasteiger partial charge >= 0.3 is 5.97 Å². The van der Waals surface area contributed by atoms with E-state index < -0.39 is 12.5 Å². The molecular formula is C21H39N3O3. The molecule has 156 valence electrons. The Morgan fingerprint density at radius 3 is 1.96 bits per heavy atom. The minimum atomic E-state index is -1.08. The minimum Gasteiger partial charge on any atom is -0.480 e. The predicted octanol–water partition coefficient (Wildman–Crippen LogP) is 4.54. The van der Waals surface area contributed by atoms with Crippen LogP contribution in [0.3, 0.4) is 0 Å². The molecule has 0 radical (unpaired) electrons. The highest BCUT2D eigenvalue weighted by atomic mass is 16.4. The fraction of sp³-hybridized carbons (Fsp3) is 0.762. The quantitative estimate of drug-likeness (QED) is 0.149. The summed E-state index contributed by atoms with van der Waals surface area (Å²) in [7, 11) is 0. The van der Waals surface area contributed by atoms with Crippen LogP contribution in [0.1, 0.15) is 96.8 Å². The van der Waals surface area contributed by atoms with Crippen LogP contribution in [0, 0.1) is 0 Å². The SMILES string of the molecule is CCCCCCCC/C=C/CCCCCCCC(=O)NC(N)=NCC(=O)O. The summed E-state index contributed by atoms with van der Waals surface area (Å²) in [6.45, 7) is 1.82. The van der Waals surface area contributed by atoms with E-state index in [0.717, 1.165) is 25.7 Å². The molecule has 0 bridgehead atoms. The fourth-order valence-corrected chi connectivity index (χ4v) is 2.75. The van der Waals surface area contributed by atoms with Crippen LogP contribution >= 0.6 is 0 Å². The monoisotopic (exact) mass is 381 g/mol. The van der Waals surface area contributed by atoms with Gasteiger partial charge in [0.25, 0.3) is 0 Å². The van der Waals surface area contributed by atoms with Crippen LogP contribution in [0.15, 0.2) is 17.1 Å². The molecule has 0 aromatic heterocycles. The van der Waals surface area contributed by atoms with Gasteiger partial charge in [-0.15, -0.1) is 0 Å². The van der Waals surface area contributed by atoms with Gasteiger partial charge in [0, 0.05) is 6.42 Å². The van der Waals surface area contributed by atoms with Gasteiger partial charge < -0.3 is 10.8 Å². The zero-order chi connectivity index (χ0) is 20.2. The summed E-state index contributed by atoms with van der Waals surface area (Å²) < 4.78 is 0. The van der Waals surface area contributed by atoms with E-state index in [1.807, 2.05) is 0 Å². The van der Waals surface area contributed by atoms with Crippen molar-refractivity contribution in [3.63, 3.8) is 0 Å². The third-order valence-corrected chi connectivity index (χ3v) is 4.32. The summed E-state index contributed by atoms with van der Waals surface area (Å²) in [5.74, 6) is -1.42. The van der Waals surface area contributed by atoms with Gasteiger partial charge in [-0.05, 0) is 32.1 Å². The van der Waals surface area contributed by atoms with E-state index in [1.54, 1.807) is 0 Å². The highest BCUT2D eigenvalue weighted by molar-refractivity contribution is 5.96. The molecule has 1 amide bonds. The lowest BCUT2D eigenvalue weighted by atomic mass is 10.1. The van der Waals surface area contributed by atoms with Gasteiger partial charge in [-0.2, -0.15) is 0 Å². The van der Waals surface area contributed by atoms with E-state index in [1.165, 1.54) is 57.8 Å². The maximum Gasteiger partial charge on any atom is 0.325 e. The number of nitrogens with two attached hydrogens (primary N) is 1. The maximum atomic E-state index is 11.6. The van der Waals surface area contributed by atoms with Crippen molar-refractivity contribution < 1.29 is 14.7 Å². The molecule has 0 unspecified atom stereocenters. The number of rotatable bonds is 17. The van der Waals surface area contributed by atoms with Crippen LogP contribution in [0.5, 0.6) is 0 Å². The lowest BCUT2D eigenvalue weighted by molar-refractivity contribution is -0.135. The highest BCUT2D eigenvalue weighted by Crippen LogP contribution is 2.09. The second kappa shape index (κ2) is 18.9. The fourth-order valence-electron chi connectivity index (χ4n) is 2.75. The number of allylic oxidation sites excluding steroid dienone is 2. The van der Waals surface area contributed by atoms with Crippen LogP contribution in [0.4, 0.5) is 0 Å². The second-order valence-corrected chi connectivity index (χ2v) is 6.98. The van der Waals surface area contributed by atoms with E-state index in [9.17, 15) is 9.59 Å². The van der Waals surface area contributed by atoms with Crippen molar-refractivity contribution in [1.29, 1.82) is 0 Å². The molecule has 0 aromatic rings. The van der Waals surface area contributed by atoms with E-state index in [0.29, 0.717) is 6.42 Å². The molecular weight excluding hydrogens is 342 g/mol. The van der Waals surface area contributed by atoms with Crippen LogP contribution in [-0.2, 0) is 9.59 Å². The van der Waals surface area contributed by atoms with Crippen molar-refractivity contribution in [3.05, 3.63) is 12.2 Å². The Balaban J connectivity index is 3.39. The van der Waals surface area contributed by atoms with Gasteiger partial charge in [0.2, 0.25) is 5.91 Å². The lowest BCUT2D eigenvalue weighted by Crippen LogP contribution is -2.37. The summed E-state index contributed by atoms with van der Waals surface area (Å²) in [6.07, 6.45) is 20.8. The molecule has 0 rings (SSSR count). The first kappa shape index (κ1) is 25.1. The van der Waals surface area contributed by atoms with E-state index >= 15 is 0 Å². The molecule has 0 aliphatic carbocycles. The van der Waals surface area contributed by atoms with Crippen molar-refractivity contribution in [2.75, 3.05) is 6.54 Å². The number of nitrogens with zero attached hydrogens (tertiary/aromatic N) is 1. The number of hydrogen-bond acceptors (Lipinski definition) is 3. The third kappa shape index (κ3) is 20.3. The number of aliphatic imine (C=N–C) groups is 1. The molecule has 0 fully saturated rings. The van der Waals surface area contributed by atoms with Gasteiger partial charge in [0.15, 0.2) is 5.96 Å². The molecule has 0 saturated heterocycles. The van der Waals surface area contributed by atoms with Crippen LogP contribution in [-0.4, -0.2) is 29.5 Å². The van der Waals surface area contributed by atoms with Gasteiger partial charge in [0.1, 0.15) is 6.54 Å². The smallest absolute Gasteiger partial charge is 0.325 e. The highest BCUT2D eigenvalue weighted by Gasteiger charge is 2.03. The number of carboxylic acids is 1. The summed E-state index contributed by atoms with van der Waals surface area (Å²) in [4.78, 5) is 25.5. The summed E-state index contributed by atoms with van der Waals surface area (Å²) in [5.41, 5.74) is 5.43. The number of carbonyl (C=O) groups excluding carboxylic acids is 1. The summed E-state index contributed by atoms with van der Waals surface area (Å²) in [6, 6.07) is 0. The molecule has 6 heteroatoms. The van der Waals surface area contributed by atoms with Gasteiger partial charge in [-0.25, -0.2) is 4.99 Å². The van der Waals surface area contributed by atoms with E-state index in [4.69, 9.17) is 10.8 Å². The summed E-state index contributed by atoms with van der Waals surface area (Å²) >= 11 is 0. The molecule has 6 nitrogen and oxygen atoms in total. The Bertz CT molecular complexity index is 448. The number of hydrogen-bond donors (Lipinski definition) is 3. The normalized spacial score (nSPS) is 11.8. The molecule has 0 aromatic carbocycles. The average Bonchev–Trinajstić information content (AvgIpc) is 2.63. The van der Waals surface area contributed by atoms with Crippen LogP contribution in [0.2, 0.25) is 0 Å². The zero-order valence-electron chi connectivity index (χ0n) is 17.0. The first-order chi connectivity index (χ1) is 13.1. The number of aliphatic carboxylic acids is 1. The Labute approximate surface area is 164 Å². The van der Waals surface area contributed by atoms with Gasteiger partial charge in [-0.3, -0.25) is 14.9 Å². The molecule has 4 N–H and O–H groups in total. The number of guanidine groups is 1. The maximum absolute atomic E-state index is 11.6. The Morgan fingerprint density at radius 1 is 0.889 bits per heavy atom. The van der Waals surface area contributed by atoms with Gasteiger partial charge in [-0.1, -0.05) is 70.4 Å². The molecule has 0 aliphatic rings. The van der Waals surface area contributed by atoms with Crippen molar-refractivity contribution in [2.24, 2.45) is 10.7 Å². The third-order valence-electron chi connectivity index (χ3n) is 4.32. The predicted molar refractivity (Wildman–Crippen MR) is 112 cm³/mol. The molecule has 0 saturated carbocycles. The molecule has 0 aliphatic heterocycles. The van der Waals surface area contributed by atoms with Crippen molar-refractivity contribution in [2.45, 2.75) is 96.8 Å². The van der Waals surface area contributed by atoms with Crippen LogP contribution in [0.25, 0.3) is 0 Å². The Morgan fingerprint density at radius 2 is 1.41 bits per heavy atom. The number of nitrogens with one attached hydrogen (secondary N) is 1. The minimum absolute atomic E-state index is 0.129. The number of unbranched alkanes of at least 4 members (excludes halogenated alkanes) is 11. The second-order valence-electron chi connectivity index (χ2n) is 6.98. The Hall–Kier alpha value is -1.85. The lowest BCUT2D eigenvalue weighted by Gasteiger charge is -2.04. The van der Waals surface area contributed by atoms with Crippen LogP contribution < -0.4 is 11.1 Å². The number of carbonyl (C=O) groups is 2. The Kier molecular flexibility index (Phi) is 17.6. The standard InChI is InChI=1S/C21H39N3O3/c1-2-3-4-5-6-7-8-9-10-11-12-13-14-15-16-17-19(25)24-21(22)23-18-20(26)27/h9-10H,2-8,11-18H2,1H3,(H,26,27)(H3,22,23,24,25)/b10-9+. The van der Waals surface area contributed by atoms with Crippen molar-refractivity contribution >= 4 is 17.8 Å². The van der Waals surface area contributed by atoms with Crippen molar-refractivity contribution in [1.82, 2.24) is 5.32 Å². The molecule has 27 heavy (non-hydrogen) atoms. The first-order valence-electron chi connectivity index (χ1n) is 10.5. The van der Waals surface area contributed by atoms with E-state index in [2.05, 4.69) is 29.4 Å². The molecule has 0 spiro atoms. The summed E-state index contributed by atoms with van der Waals surface area (Å²) in [5, 5.41) is 10.9. The van der Waals surface area contributed by atoms with Gasteiger partial charge in [0.05, 0.1) is 0 Å². The van der Waals surface area contributed by atoms with Crippen molar-refractivity contribution in [3.8, 4) is 0 Å². The largest absolute Gasteiger partial charge is 0.480 e. The first-order valence-corrected chi connectivity index (χ1v) is 10.5. The molecule has 0 atom stereocenters. The topological polar surface area (TPSA) is 105 Å². The number of amides is 1. The number of carboxylic acid groups (broad SMARTS) is 1. The molecule has 0 heterocycles. The average molecular weight is 382 g/mol. The van der Waals surface area contributed by atoms with E-state index in [-0.39, 0.29) is 11.9 Å². The zero-order valence-corrected chi connectivity index (χ0v) is 17.0.